The van der Waals surface area contributed by atoms with Crippen molar-refractivity contribution < 1.29 is 0 Å². The summed E-state index contributed by atoms with van der Waals surface area (Å²) in [5, 5.41) is 19.2. The molecule has 0 spiro atoms. The van der Waals surface area contributed by atoms with Gasteiger partial charge in [-0.15, -0.1) is 0 Å². The summed E-state index contributed by atoms with van der Waals surface area (Å²) >= 11 is 0. The van der Waals surface area contributed by atoms with E-state index in [-0.39, 0.29) is 11.8 Å². The number of nitrogens with zero attached hydrogens (tertiary/aromatic N) is 2. The molecule has 0 saturated heterocycles. The maximum absolute atomic E-state index is 9.58. The lowest BCUT2D eigenvalue weighted by Crippen LogP contribution is -2.43. The Hall–Kier alpha value is -1.02. The standard InChI is InChI=1S/C18H24N2/c19-9-15-13-7-5-11-3-1-2-4-12-6-8-14(16(15)10-20)18(13)17(11)12/h11-18H,1-8H2. The highest BCUT2D eigenvalue weighted by atomic mass is 14.6. The summed E-state index contributed by atoms with van der Waals surface area (Å²) in [5.41, 5.74) is 0. The van der Waals surface area contributed by atoms with Gasteiger partial charge in [0.25, 0.3) is 0 Å². The quantitative estimate of drug-likeness (QED) is 0.663. The van der Waals surface area contributed by atoms with Gasteiger partial charge in [0.2, 0.25) is 0 Å². The lowest BCUT2D eigenvalue weighted by molar-refractivity contribution is -0.00451. The summed E-state index contributed by atoms with van der Waals surface area (Å²) in [6, 6.07) is 5.07. The number of hydrogen-bond donors (Lipinski definition) is 0. The molecule has 0 amide bonds. The van der Waals surface area contributed by atoms with Gasteiger partial charge in [0.15, 0.2) is 0 Å². The maximum atomic E-state index is 9.58. The molecule has 6 unspecified atom stereocenters. The lowest BCUT2D eigenvalue weighted by Gasteiger charge is -2.49. The van der Waals surface area contributed by atoms with E-state index >= 15 is 0 Å². The van der Waals surface area contributed by atoms with Crippen molar-refractivity contribution in [2.75, 3.05) is 0 Å². The van der Waals surface area contributed by atoms with Crippen LogP contribution >= 0.6 is 0 Å². The van der Waals surface area contributed by atoms with E-state index in [1.54, 1.807) is 0 Å². The molecule has 4 aliphatic rings. The molecule has 0 aromatic carbocycles. The number of hydrogen-bond acceptors (Lipinski definition) is 2. The minimum atomic E-state index is 0.0398. The van der Waals surface area contributed by atoms with E-state index in [1.165, 1.54) is 51.4 Å². The van der Waals surface area contributed by atoms with Crippen molar-refractivity contribution in [2.24, 2.45) is 47.3 Å². The summed E-state index contributed by atoms with van der Waals surface area (Å²) in [5.74, 6) is 4.61. The van der Waals surface area contributed by atoms with Crippen LogP contribution < -0.4 is 0 Å². The Kier molecular flexibility index (Phi) is 3.03. The molecule has 0 aromatic heterocycles. The zero-order valence-electron chi connectivity index (χ0n) is 12.2. The fourth-order valence-corrected chi connectivity index (χ4v) is 6.69. The van der Waals surface area contributed by atoms with Gasteiger partial charge in [0.05, 0.1) is 24.0 Å². The largest absolute Gasteiger partial charge is 0.198 e. The number of nitriles is 2. The zero-order valence-corrected chi connectivity index (χ0v) is 12.2. The summed E-state index contributed by atoms with van der Waals surface area (Å²) < 4.78 is 0. The third kappa shape index (κ3) is 1.60. The second-order valence-electron chi connectivity index (χ2n) is 7.75. The van der Waals surface area contributed by atoms with E-state index < -0.39 is 0 Å². The first-order valence-electron chi connectivity index (χ1n) is 8.64. The van der Waals surface area contributed by atoms with Gasteiger partial charge >= 0.3 is 0 Å². The van der Waals surface area contributed by atoms with Crippen LogP contribution in [0.3, 0.4) is 0 Å². The van der Waals surface area contributed by atoms with Gasteiger partial charge in [-0.05, 0) is 61.2 Å². The van der Waals surface area contributed by atoms with Gasteiger partial charge in [0, 0.05) is 0 Å². The van der Waals surface area contributed by atoms with Gasteiger partial charge in [-0.25, -0.2) is 0 Å². The smallest absolute Gasteiger partial charge is 0.0672 e. The highest BCUT2D eigenvalue weighted by molar-refractivity contribution is 5.16. The Bertz CT molecular complexity index is 429. The van der Waals surface area contributed by atoms with Crippen LogP contribution in [0.15, 0.2) is 0 Å². The second-order valence-corrected chi connectivity index (χ2v) is 7.75. The van der Waals surface area contributed by atoms with E-state index in [4.69, 9.17) is 0 Å². The van der Waals surface area contributed by atoms with Crippen LogP contribution in [-0.2, 0) is 0 Å². The van der Waals surface area contributed by atoms with Gasteiger partial charge < -0.3 is 0 Å². The topological polar surface area (TPSA) is 47.6 Å². The van der Waals surface area contributed by atoms with Crippen LogP contribution in [0.25, 0.3) is 0 Å². The van der Waals surface area contributed by atoms with Crippen molar-refractivity contribution in [2.45, 2.75) is 51.4 Å². The normalized spacial score (nSPS) is 53.3. The Morgan fingerprint density at radius 2 is 1.10 bits per heavy atom. The van der Waals surface area contributed by atoms with Crippen LogP contribution in [-0.4, -0.2) is 0 Å². The molecule has 0 radical (unpaired) electrons. The van der Waals surface area contributed by atoms with E-state index in [1.807, 2.05) is 0 Å². The fourth-order valence-electron chi connectivity index (χ4n) is 6.69. The molecule has 0 aromatic rings. The van der Waals surface area contributed by atoms with Crippen molar-refractivity contribution in [3.05, 3.63) is 0 Å². The molecule has 106 valence electrons. The SMILES string of the molecule is N#CC1C(C#N)C2CCC3CCCCC4CCC1C2C43. The third-order valence-corrected chi connectivity index (χ3v) is 7.27. The summed E-state index contributed by atoms with van der Waals surface area (Å²) in [4.78, 5) is 0. The molecule has 4 aliphatic carbocycles. The molecular formula is C18H24N2. The average molecular weight is 268 g/mol. The highest BCUT2D eigenvalue weighted by Gasteiger charge is 2.59. The molecule has 2 nitrogen and oxygen atoms in total. The molecule has 2 heteroatoms. The highest BCUT2D eigenvalue weighted by Crippen LogP contribution is 2.63. The average Bonchev–Trinajstić information content (AvgIpc) is 2.64. The molecule has 4 fully saturated rings. The van der Waals surface area contributed by atoms with E-state index in [0.29, 0.717) is 11.8 Å². The predicted molar refractivity (Wildman–Crippen MR) is 76.1 cm³/mol. The fraction of sp³-hybridized carbons (Fsp3) is 0.889. The van der Waals surface area contributed by atoms with E-state index in [0.717, 1.165) is 23.7 Å². The monoisotopic (exact) mass is 268 g/mol. The summed E-state index contributed by atoms with van der Waals surface area (Å²) in [6.45, 7) is 0. The minimum Gasteiger partial charge on any atom is -0.198 e. The van der Waals surface area contributed by atoms with Gasteiger partial charge in [0.1, 0.15) is 0 Å². The molecule has 0 bridgehead atoms. The van der Waals surface area contributed by atoms with Gasteiger partial charge in [-0.1, -0.05) is 25.7 Å². The maximum Gasteiger partial charge on any atom is 0.0672 e. The summed E-state index contributed by atoms with van der Waals surface area (Å²) in [7, 11) is 0. The molecular weight excluding hydrogens is 244 g/mol. The Labute approximate surface area is 122 Å². The van der Waals surface area contributed by atoms with Crippen molar-refractivity contribution in [1.82, 2.24) is 0 Å². The number of rotatable bonds is 0. The Morgan fingerprint density at radius 1 is 0.600 bits per heavy atom. The van der Waals surface area contributed by atoms with E-state index in [2.05, 4.69) is 12.1 Å². The minimum absolute atomic E-state index is 0.0398. The van der Waals surface area contributed by atoms with Crippen molar-refractivity contribution in [1.29, 1.82) is 10.5 Å². The van der Waals surface area contributed by atoms with Crippen molar-refractivity contribution in [3.8, 4) is 12.1 Å². The second kappa shape index (κ2) is 4.77. The van der Waals surface area contributed by atoms with Crippen molar-refractivity contribution in [3.63, 3.8) is 0 Å². The van der Waals surface area contributed by atoms with E-state index in [9.17, 15) is 10.5 Å². The molecule has 20 heavy (non-hydrogen) atoms. The molecule has 6 atom stereocenters. The zero-order chi connectivity index (χ0) is 13.7. The Morgan fingerprint density at radius 3 is 1.55 bits per heavy atom. The van der Waals surface area contributed by atoms with Crippen LogP contribution in [0.2, 0.25) is 0 Å². The summed E-state index contributed by atoms with van der Waals surface area (Å²) in [6.07, 6.45) is 10.8. The predicted octanol–water partition coefficient (Wildman–Crippen LogP) is 4.14. The van der Waals surface area contributed by atoms with Gasteiger partial charge in [-0.3, -0.25) is 0 Å². The third-order valence-electron chi connectivity index (χ3n) is 7.27. The lowest BCUT2D eigenvalue weighted by atomic mass is 9.56. The van der Waals surface area contributed by atoms with Crippen LogP contribution in [0.5, 0.6) is 0 Å². The first-order valence-corrected chi connectivity index (χ1v) is 8.64. The van der Waals surface area contributed by atoms with Crippen LogP contribution in [0.1, 0.15) is 51.4 Å². The molecule has 0 N–H and O–H groups in total. The van der Waals surface area contributed by atoms with Crippen LogP contribution in [0, 0.1) is 70.0 Å². The van der Waals surface area contributed by atoms with Crippen molar-refractivity contribution >= 4 is 0 Å². The van der Waals surface area contributed by atoms with Gasteiger partial charge in [-0.2, -0.15) is 10.5 Å². The first-order chi connectivity index (χ1) is 9.85. The molecule has 0 aliphatic heterocycles. The molecule has 4 saturated carbocycles. The molecule has 4 rings (SSSR count). The molecule has 0 heterocycles. The van der Waals surface area contributed by atoms with Crippen LogP contribution in [0.4, 0.5) is 0 Å². The Balaban J connectivity index is 1.73. The first kappa shape index (κ1) is 12.7.